The van der Waals surface area contributed by atoms with Gasteiger partial charge >= 0.3 is 0 Å². The molecular formula is C13H16FN3O4. The van der Waals surface area contributed by atoms with Crippen molar-refractivity contribution in [2.24, 2.45) is 0 Å². The van der Waals surface area contributed by atoms with Crippen LogP contribution in [0.3, 0.4) is 0 Å². The third-order valence-corrected chi connectivity index (χ3v) is 2.88. The number of likely N-dealkylation sites (N-methyl/N-ethyl adjacent to an activating group) is 2. The average molecular weight is 297 g/mol. The lowest BCUT2D eigenvalue weighted by Crippen LogP contribution is -2.40. The zero-order chi connectivity index (χ0) is 16.2. The maximum Gasteiger partial charge on any atom is 0.282 e. The van der Waals surface area contributed by atoms with Gasteiger partial charge in [-0.3, -0.25) is 19.7 Å². The van der Waals surface area contributed by atoms with E-state index in [9.17, 15) is 24.1 Å². The predicted octanol–water partition coefficient (Wildman–Crippen LogP) is 1.28. The minimum Gasteiger partial charge on any atom is -0.347 e. The van der Waals surface area contributed by atoms with Gasteiger partial charge in [0, 0.05) is 26.7 Å². The van der Waals surface area contributed by atoms with Crippen LogP contribution in [0.15, 0.2) is 18.2 Å². The summed E-state index contributed by atoms with van der Waals surface area (Å²) < 4.78 is 13.3. The number of halogens is 1. The summed E-state index contributed by atoms with van der Waals surface area (Å²) in [5.74, 6) is -1.83. The van der Waals surface area contributed by atoms with E-state index in [1.807, 2.05) is 0 Å². The van der Waals surface area contributed by atoms with E-state index >= 15 is 0 Å². The molecular weight excluding hydrogens is 281 g/mol. The fraction of sp³-hybridized carbons (Fsp3) is 0.385. The van der Waals surface area contributed by atoms with Crippen LogP contribution in [0, 0.1) is 15.9 Å². The molecule has 0 fully saturated rings. The molecule has 1 aromatic rings. The second kappa shape index (κ2) is 6.78. The molecule has 0 saturated heterocycles. The summed E-state index contributed by atoms with van der Waals surface area (Å²) in [4.78, 5) is 36.5. The van der Waals surface area contributed by atoms with Crippen LogP contribution < -0.4 is 0 Å². The first kappa shape index (κ1) is 16.5. The van der Waals surface area contributed by atoms with E-state index in [-0.39, 0.29) is 24.6 Å². The zero-order valence-electron chi connectivity index (χ0n) is 12.0. The number of rotatable bonds is 5. The lowest BCUT2D eigenvalue weighted by atomic mass is 10.1. The van der Waals surface area contributed by atoms with Gasteiger partial charge in [-0.2, -0.15) is 0 Å². The Balaban J connectivity index is 3.13. The maximum absolute atomic E-state index is 13.3. The predicted molar refractivity (Wildman–Crippen MR) is 73.3 cm³/mol. The molecule has 21 heavy (non-hydrogen) atoms. The van der Waals surface area contributed by atoms with Crippen LogP contribution in [0.5, 0.6) is 0 Å². The van der Waals surface area contributed by atoms with Crippen LogP contribution in [0.1, 0.15) is 17.3 Å². The van der Waals surface area contributed by atoms with Gasteiger partial charge in [-0.25, -0.2) is 4.39 Å². The van der Waals surface area contributed by atoms with Crippen molar-refractivity contribution in [2.45, 2.75) is 6.92 Å². The van der Waals surface area contributed by atoms with Crippen LogP contribution in [0.25, 0.3) is 0 Å². The molecule has 114 valence electrons. The third kappa shape index (κ3) is 3.98. The molecule has 0 spiro atoms. The summed E-state index contributed by atoms with van der Waals surface area (Å²) in [5.41, 5.74) is -0.856. The minimum atomic E-state index is -0.756. The van der Waals surface area contributed by atoms with Crippen molar-refractivity contribution in [2.75, 3.05) is 27.2 Å². The lowest BCUT2D eigenvalue weighted by molar-refractivity contribution is -0.385. The molecule has 0 aromatic heterocycles. The van der Waals surface area contributed by atoms with Crippen LogP contribution in [-0.2, 0) is 4.79 Å². The van der Waals surface area contributed by atoms with E-state index < -0.39 is 22.3 Å². The normalized spacial score (nSPS) is 10.1. The highest BCUT2D eigenvalue weighted by molar-refractivity contribution is 5.99. The van der Waals surface area contributed by atoms with Crippen molar-refractivity contribution in [1.29, 1.82) is 0 Å². The Bertz CT molecular complexity index is 575. The molecule has 0 radical (unpaired) electrons. The number of hydrogen-bond acceptors (Lipinski definition) is 4. The quantitative estimate of drug-likeness (QED) is 0.605. The molecule has 8 heteroatoms. The smallest absolute Gasteiger partial charge is 0.282 e. The van der Waals surface area contributed by atoms with Crippen LogP contribution in [0.4, 0.5) is 10.1 Å². The van der Waals surface area contributed by atoms with E-state index in [1.165, 1.54) is 19.0 Å². The van der Waals surface area contributed by atoms with E-state index in [0.29, 0.717) is 0 Å². The highest BCUT2D eigenvalue weighted by Crippen LogP contribution is 2.21. The lowest BCUT2D eigenvalue weighted by Gasteiger charge is -2.22. The molecule has 0 atom stereocenters. The standard InChI is InChI=1S/C13H16FN3O4/c1-4-16(8-12(18)15(2)3)13(19)10-7-9(14)5-6-11(10)17(20)21/h5-7H,4,8H2,1-3H3. The molecule has 0 heterocycles. The number of hydrogen-bond donors (Lipinski definition) is 0. The monoisotopic (exact) mass is 297 g/mol. The van der Waals surface area contributed by atoms with Crippen molar-refractivity contribution >= 4 is 17.5 Å². The van der Waals surface area contributed by atoms with Crippen molar-refractivity contribution in [3.8, 4) is 0 Å². The summed E-state index contributed by atoms with van der Waals surface area (Å²) in [6.45, 7) is 1.58. The van der Waals surface area contributed by atoms with Crippen molar-refractivity contribution in [3.05, 3.63) is 39.7 Å². The van der Waals surface area contributed by atoms with Gasteiger partial charge in [-0.1, -0.05) is 0 Å². The molecule has 2 amide bonds. The largest absolute Gasteiger partial charge is 0.347 e. The second-order valence-electron chi connectivity index (χ2n) is 4.53. The summed E-state index contributed by atoms with van der Waals surface area (Å²) >= 11 is 0. The zero-order valence-corrected chi connectivity index (χ0v) is 12.0. The summed E-state index contributed by atoms with van der Waals surface area (Å²) in [6.07, 6.45) is 0. The fourth-order valence-corrected chi connectivity index (χ4v) is 1.64. The van der Waals surface area contributed by atoms with Gasteiger partial charge in [0.2, 0.25) is 5.91 Å². The summed E-state index contributed by atoms with van der Waals surface area (Å²) in [5, 5.41) is 10.9. The second-order valence-corrected chi connectivity index (χ2v) is 4.53. The Kier molecular flexibility index (Phi) is 5.34. The minimum absolute atomic E-state index is 0.173. The number of carbonyl (C=O) groups is 2. The topological polar surface area (TPSA) is 83.8 Å². The average Bonchev–Trinajstić information content (AvgIpc) is 2.43. The first-order chi connectivity index (χ1) is 9.77. The third-order valence-electron chi connectivity index (χ3n) is 2.88. The first-order valence-corrected chi connectivity index (χ1v) is 6.21. The van der Waals surface area contributed by atoms with Gasteiger partial charge in [-0.15, -0.1) is 0 Å². The number of amides is 2. The highest BCUT2D eigenvalue weighted by Gasteiger charge is 2.26. The van der Waals surface area contributed by atoms with Crippen LogP contribution >= 0.6 is 0 Å². The van der Waals surface area contributed by atoms with Gasteiger partial charge in [0.15, 0.2) is 0 Å². The molecule has 1 rings (SSSR count). The SMILES string of the molecule is CCN(CC(=O)N(C)C)C(=O)c1cc(F)ccc1[N+](=O)[O-]. The molecule has 7 nitrogen and oxygen atoms in total. The summed E-state index contributed by atoms with van der Waals surface area (Å²) in [7, 11) is 3.07. The van der Waals surface area contributed by atoms with Crippen LogP contribution in [0.2, 0.25) is 0 Å². The summed E-state index contributed by atoms with van der Waals surface area (Å²) in [6, 6.07) is 2.66. The van der Waals surface area contributed by atoms with Gasteiger partial charge in [0.25, 0.3) is 11.6 Å². The molecule has 0 aliphatic heterocycles. The molecule has 0 aliphatic rings. The van der Waals surface area contributed by atoms with E-state index in [1.54, 1.807) is 6.92 Å². The Morgan fingerprint density at radius 1 is 1.33 bits per heavy atom. The number of carbonyl (C=O) groups excluding carboxylic acids is 2. The van der Waals surface area contributed by atoms with Crippen molar-refractivity contribution in [3.63, 3.8) is 0 Å². The first-order valence-electron chi connectivity index (χ1n) is 6.21. The number of benzene rings is 1. The molecule has 0 N–H and O–H groups in total. The van der Waals surface area contributed by atoms with Crippen molar-refractivity contribution in [1.82, 2.24) is 9.80 Å². The Labute approximate surface area is 121 Å². The number of nitro benzene ring substituents is 1. The number of nitro groups is 1. The Morgan fingerprint density at radius 3 is 2.43 bits per heavy atom. The van der Waals surface area contributed by atoms with E-state index in [2.05, 4.69) is 0 Å². The highest BCUT2D eigenvalue weighted by atomic mass is 19.1. The van der Waals surface area contributed by atoms with Gasteiger partial charge in [0.05, 0.1) is 11.5 Å². The molecule has 0 saturated carbocycles. The molecule has 0 aliphatic carbocycles. The molecule has 0 unspecified atom stereocenters. The fourth-order valence-electron chi connectivity index (χ4n) is 1.64. The van der Waals surface area contributed by atoms with E-state index in [4.69, 9.17) is 0 Å². The van der Waals surface area contributed by atoms with Gasteiger partial charge < -0.3 is 9.80 Å². The van der Waals surface area contributed by atoms with Crippen LogP contribution in [-0.4, -0.2) is 53.7 Å². The maximum atomic E-state index is 13.3. The molecule has 0 bridgehead atoms. The number of nitrogens with zero attached hydrogens (tertiary/aromatic N) is 3. The van der Waals surface area contributed by atoms with Gasteiger partial charge in [0.1, 0.15) is 11.4 Å². The Hall–Kier alpha value is -2.51. The molecule has 1 aromatic carbocycles. The van der Waals surface area contributed by atoms with Crippen molar-refractivity contribution < 1.29 is 18.9 Å². The van der Waals surface area contributed by atoms with Gasteiger partial charge in [-0.05, 0) is 19.1 Å². The Morgan fingerprint density at radius 2 is 1.95 bits per heavy atom. The van der Waals surface area contributed by atoms with E-state index in [0.717, 1.165) is 23.1 Å².